The van der Waals surface area contributed by atoms with Crippen molar-refractivity contribution in [2.45, 2.75) is 6.42 Å². The van der Waals surface area contributed by atoms with Gasteiger partial charge in [-0.25, -0.2) is 0 Å². The summed E-state index contributed by atoms with van der Waals surface area (Å²) in [5.74, 6) is -0.386. The molecule has 0 fully saturated rings. The molecule has 0 saturated heterocycles. The minimum Gasteiger partial charge on any atom is -1.00 e. The van der Waals surface area contributed by atoms with E-state index in [1.54, 1.807) is 6.07 Å². The van der Waals surface area contributed by atoms with E-state index >= 15 is 0 Å². The summed E-state index contributed by atoms with van der Waals surface area (Å²) < 4.78 is 11.1. The van der Waals surface area contributed by atoms with Crippen LogP contribution in [0.4, 0.5) is 5.69 Å². The zero-order valence-electron chi connectivity index (χ0n) is 10.8. The molecule has 0 atom stereocenters. The Morgan fingerprint density at radius 1 is 1.16 bits per heavy atom. The first-order valence-corrected chi connectivity index (χ1v) is 7.32. The van der Waals surface area contributed by atoms with Gasteiger partial charge in [-0.2, -0.15) is 0 Å². The van der Waals surface area contributed by atoms with E-state index in [-0.39, 0.29) is 41.6 Å². The zero-order chi connectivity index (χ0) is 14.0. The van der Waals surface area contributed by atoms with Gasteiger partial charge in [0.2, 0.25) is 0 Å². The average Bonchev–Trinajstić information content (AvgIpc) is 2.19. The molecule has 0 spiro atoms. The van der Waals surface area contributed by atoms with E-state index in [4.69, 9.17) is 9.79 Å². The van der Waals surface area contributed by atoms with Crippen LogP contribution in [0.2, 0.25) is 0 Å². The van der Waals surface area contributed by atoms with Gasteiger partial charge in [-0.1, -0.05) is 0 Å². The molecule has 0 aromatic heterocycles. The Morgan fingerprint density at radius 3 is 2.21 bits per heavy atom. The quantitative estimate of drug-likeness (QED) is 0.202. The van der Waals surface area contributed by atoms with Crippen molar-refractivity contribution in [3.05, 3.63) is 18.2 Å². The van der Waals surface area contributed by atoms with Gasteiger partial charge in [-0.3, -0.25) is 9.05 Å². The normalized spacial score (nSPS) is 12.0. The van der Waals surface area contributed by atoms with Gasteiger partial charge < -0.3 is 44.0 Å². The number of quaternary nitrogens is 1. The minimum atomic E-state index is -3.96. The van der Waals surface area contributed by atoms with Crippen molar-refractivity contribution in [1.82, 2.24) is 4.48 Å². The lowest BCUT2D eigenvalue weighted by Gasteiger charge is -2.29. The molecular formula is C11H19INO5P. The molecule has 110 valence electrons. The highest BCUT2D eigenvalue weighted by Gasteiger charge is 2.22. The Hall–Kier alpha value is -0.340. The number of nitrogens with zero attached hydrogens (tertiary/aromatic N) is 1. The molecule has 0 amide bonds. The summed E-state index contributed by atoms with van der Waals surface area (Å²) in [6.45, 7) is 0.523. The van der Waals surface area contributed by atoms with Crippen LogP contribution in [0, 0.1) is 0 Å². The Bertz CT molecular complexity index is 474. The summed E-state index contributed by atoms with van der Waals surface area (Å²) in [4.78, 5) is 17.6. The molecule has 0 aliphatic rings. The fraction of sp³-hybridized carbons (Fsp3) is 0.455. The molecule has 0 radical (unpaired) electrons. The maximum Gasteiger partial charge on any atom is 0.325 e. The standard InChI is InChI=1S/C11H18NO5P.HI/c1-12(2,6-3-7-18(15,16)17)9-4-5-10(13)11(14)8-9;/h4-5,8H,3,6-7H2,1-2H3,(H3-,13,14,15,16,17);1H. The van der Waals surface area contributed by atoms with Crippen molar-refractivity contribution in [2.75, 3.05) is 26.8 Å². The van der Waals surface area contributed by atoms with E-state index in [9.17, 15) is 14.8 Å². The first-order chi connectivity index (χ1) is 8.12. The van der Waals surface area contributed by atoms with Crippen LogP contribution in [0.3, 0.4) is 0 Å². The molecule has 6 nitrogen and oxygen atoms in total. The fourth-order valence-electron chi connectivity index (χ4n) is 1.69. The van der Waals surface area contributed by atoms with Gasteiger partial charge >= 0.3 is 7.60 Å². The molecule has 0 bridgehead atoms. The number of rotatable bonds is 5. The van der Waals surface area contributed by atoms with Gasteiger partial charge in [0.25, 0.3) is 0 Å². The Labute approximate surface area is 129 Å². The molecule has 1 aromatic carbocycles. The molecule has 4 N–H and O–H groups in total. The number of phenolic OH excluding ortho intramolecular Hbond substituents is 2. The van der Waals surface area contributed by atoms with Crippen molar-refractivity contribution in [2.24, 2.45) is 0 Å². The number of aromatic hydroxyl groups is 2. The second-order valence-electron chi connectivity index (χ2n) is 4.82. The minimum absolute atomic E-state index is 0. The van der Waals surface area contributed by atoms with Crippen molar-refractivity contribution in [3.8, 4) is 11.5 Å². The molecule has 19 heavy (non-hydrogen) atoms. The van der Waals surface area contributed by atoms with Crippen molar-refractivity contribution >= 4 is 13.3 Å². The summed E-state index contributed by atoms with van der Waals surface area (Å²) in [5, 5.41) is 18.7. The topological polar surface area (TPSA) is 98.0 Å². The molecule has 0 heterocycles. The summed E-state index contributed by atoms with van der Waals surface area (Å²) >= 11 is 0. The SMILES string of the molecule is C[N+](C)(CCCP(=O)(O)O)c1ccc(O)c(O)c1.[I-]. The molecule has 1 aromatic rings. The van der Waals surface area contributed by atoms with Crippen LogP contribution in [0.1, 0.15) is 6.42 Å². The Morgan fingerprint density at radius 2 is 1.74 bits per heavy atom. The predicted octanol–water partition coefficient (Wildman–Crippen LogP) is -1.76. The summed E-state index contributed by atoms with van der Waals surface area (Å²) in [7, 11) is -0.227. The second kappa shape index (κ2) is 6.90. The maximum absolute atomic E-state index is 10.8. The highest BCUT2D eigenvalue weighted by molar-refractivity contribution is 7.51. The number of benzene rings is 1. The summed E-state index contributed by atoms with van der Waals surface area (Å²) in [5.41, 5.74) is 0.760. The van der Waals surface area contributed by atoms with E-state index in [0.717, 1.165) is 5.69 Å². The van der Waals surface area contributed by atoms with Crippen LogP contribution in [-0.2, 0) is 4.57 Å². The van der Waals surface area contributed by atoms with E-state index in [1.807, 2.05) is 14.1 Å². The molecule has 1 rings (SSSR count). The van der Waals surface area contributed by atoms with Gasteiger partial charge in [0.1, 0.15) is 5.69 Å². The van der Waals surface area contributed by atoms with Gasteiger partial charge in [0, 0.05) is 18.6 Å². The van der Waals surface area contributed by atoms with E-state index in [1.165, 1.54) is 12.1 Å². The zero-order valence-corrected chi connectivity index (χ0v) is 13.9. The number of hydrogen-bond donors (Lipinski definition) is 4. The van der Waals surface area contributed by atoms with Gasteiger partial charge in [0.05, 0.1) is 26.8 Å². The monoisotopic (exact) mass is 403 g/mol. The number of hydrogen-bond acceptors (Lipinski definition) is 3. The van der Waals surface area contributed by atoms with E-state index < -0.39 is 7.60 Å². The molecule has 0 saturated carbocycles. The molecule has 0 aliphatic heterocycles. The first kappa shape index (κ1) is 18.7. The molecule has 0 unspecified atom stereocenters. The maximum atomic E-state index is 10.8. The van der Waals surface area contributed by atoms with E-state index in [2.05, 4.69) is 0 Å². The predicted molar refractivity (Wildman–Crippen MR) is 69.8 cm³/mol. The fourth-order valence-corrected chi connectivity index (χ4v) is 2.24. The summed E-state index contributed by atoms with van der Waals surface area (Å²) in [6.07, 6.45) is 0.220. The van der Waals surface area contributed by atoms with Crippen LogP contribution < -0.4 is 28.5 Å². The summed E-state index contributed by atoms with van der Waals surface area (Å²) in [6, 6.07) is 4.52. The van der Waals surface area contributed by atoms with Crippen molar-refractivity contribution < 1.29 is 48.5 Å². The highest BCUT2D eigenvalue weighted by Crippen LogP contribution is 2.36. The van der Waals surface area contributed by atoms with Gasteiger partial charge in [-0.05, 0) is 6.07 Å². The highest BCUT2D eigenvalue weighted by atomic mass is 127. The van der Waals surface area contributed by atoms with E-state index in [0.29, 0.717) is 17.4 Å². The molecule has 0 aliphatic carbocycles. The molecule has 8 heteroatoms. The third-order valence-electron chi connectivity index (χ3n) is 2.82. The number of halogens is 1. The smallest absolute Gasteiger partial charge is 0.325 e. The number of phenols is 2. The largest absolute Gasteiger partial charge is 1.00 e. The lowest BCUT2D eigenvalue weighted by Crippen LogP contribution is -3.00. The third-order valence-corrected chi connectivity index (χ3v) is 3.72. The van der Waals surface area contributed by atoms with Crippen LogP contribution in [0.25, 0.3) is 0 Å². The van der Waals surface area contributed by atoms with Gasteiger partial charge in [0.15, 0.2) is 11.5 Å². The Kier molecular flexibility index (Phi) is 6.77. The average molecular weight is 403 g/mol. The molecular weight excluding hydrogens is 384 g/mol. The van der Waals surface area contributed by atoms with Crippen LogP contribution >= 0.6 is 7.60 Å². The Balaban J connectivity index is 0.00000324. The lowest BCUT2D eigenvalue weighted by molar-refractivity contribution is -0.0000110. The lowest BCUT2D eigenvalue weighted by atomic mass is 10.2. The van der Waals surface area contributed by atoms with Crippen molar-refractivity contribution in [1.29, 1.82) is 0 Å². The van der Waals surface area contributed by atoms with Crippen molar-refractivity contribution in [3.63, 3.8) is 0 Å². The third kappa shape index (κ3) is 6.09. The van der Waals surface area contributed by atoms with Crippen LogP contribution in [0.15, 0.2) is 18.2 Å². The first-order valence-electron chi connectivity index (χ1n) is 5.52. The van der Waals surface area contributed by atoms with Crippen LogP contribution in [-0.4, -0.2) is 46.8 Å². The van der Waals surface area contributed by atoms with Crippen LogP contribution in [0.5, 0.6) is 11.5 Å². The second-order valence-corrected chi connectivity index (χ2v) is 6.60. The van der Waals surface area contributed by atoms with Gasteiger partial charge in [-0.15, -0.1) is 0 Å².